The van der Waals surface area contributed by atoms with E-state index in [4.69, 9.17) is 4.74 Å². The summed E-state index contributed by atoms with van der Waals surface area (Å²) in [4.78, 5) is 4.33. The number of benzene rings is 1. The second-order valence-corrected chi connectivity index (χ2v) is 5.50. The molecule has 3 rings (SSSR count). The van der Waals surface area contributed by atoms with Gasteiger partial charge in [-0.3, -0.25) is 10.3 Å². The van der Waals surface area contributed by atoms with Gasteiger partial charge in [-0.1, -0.05) is 13.0 Å². The van der Waals surface area contributed by atoms with Gasteiger partial charge in [0.05, 0.1) is 11.6 Å². The number of fused-ring (bicyclic) bond motifs is 1. The average molecular weight is 281 g/mol. The number of nitriles is 1. The van der Waals surface area contributed by atoms with E-state index in [1.54, 1.807) is 6.20 Å². The van der Waals surface area contributed by atoms with Crippen LogP contribution in [0.3, 0.4) is 0 Å². The second-order valence-electron chi connectivity index (χ2n) is 5.50. The van der Waals surface area contributed by atoms with Gasteiger partial charge in [0.25, 0.3) is 0 Å². The minimum Gasteiger partial charge on any atom is -0.490 e. The molecule has 1 saturated carbocycles. The van der Waals surface area contributed by atoms with Crippen LogP contribution in [0.4, 0.5) is 0 Å². The number of likely N-dealkylation sites (N-methyl/N-ethyl adjacent to an activating group) is 1. The quantitative estimate of drug-likeness (QED) is 0.884. The van der Waals surface area contributed by atoms with Gasteiger partial charge in [0, 0.05) is 11.6 Å². The van der Waals surface area contributed by atoms with Gasteiger partial charge < -0.3 is 4.74 Å². The van der Waals surface area contributed by atoms with Crippen LogP contribution in [0.2, 0.25) is 0 Å². The van der Waals surface area contributed by atoms with Crippen LogP contribution >= 0.6 is 0 Å². The lowest BCUT2D eigenvalue weighted by molar-refractivity contribution is 0.206. The van der Waals surface area contributed by atoms with E-state index in [0.29, 0.717) is 12.5 Å². The topological polar surface area (TPSA) is 57.9 Å². The van der Waals surface area contributed by atoms with Crippen LogP contribution in [-0.2, 0) is 0 Å². The zero-order chi connectivity index (χ0) is 14.7. The summed E-state index contributed by atoms with van der Waals surface area (Å²) in [6, 6.07) is 12.2. The van der Waals surface area contributed by atoms with Crippen molar-refractivity contribution in [3.8, 4) is 11.8 Å². The molecule has 2 aromatic rings. The third-order valence-corrected chi connectivity index (χ3v) is 4.03. The van der Waals surface area contributed by atoms with Crippen molar-refractivity contribution in [3.63, 3.8) is 0 Å². The zero-order valence-corrected chi connectivity index (χ0v) is 12.2. The highest BCUT2D eigenvalue weighted by Gasteiger charge is 2.46. The van der Waals surface area contributed by atoms with Crippen molar-refractivity contribution in [1.29, 1.82) is 5.26 Å². The lowest BCUT2D eigenvalue weighted by atomic mass is 9.96. The number of rotatable bonds is 6. The standard InChI is InChI=1S/C17H19N3O/c1-2-20-17(11-18,13-8-9-13)12-21-16-7-3-6-15-14(16)5-4-10-19-15/h3-7,10,13,20H,2,8-9,12H2,1H3. The Bertz CT molecular complexity index is 670. The molecule has 1 aromatic heterocycles. The number of hydrogen-bond donors (Lipinski definition) is 1. The van der Waals surface area contributed by atoms with Crippen molar-refractivity contribution in [2.24, 2.45) is 5.92 Å². The van der Waals surface area contributed by atoms with Crippen molar-refractivity contribution in [1.82, 2.24) is 10.3 Å². The number of nitrogens with zero attached hydrogens (tertiary/aromatic N) is 2. The summed E-state index contributed by atoms with van der Waals surface area (Å²) in [6.45, 7) is 3.16. The lowest BCUT2D eigenvalue weighted by Crippen LogP contribution is -2.50. The minimum absolute atomic E-state index is 0.371. The molecule has 4 heteroatoms. The minimum atomic E-state index is -0.570. The molecule has 1 N–H and O–H groups in total. The van der Waals surface area contributed by atoms with Crippen molar-refractivity contribution in [2.75, 3.05) is 13.2 Å². The maximum absolute atomic E-state index is 9.60. The van der Waals surface area contributed by atoms with E-state index in [0.717, 1.165) is 36.0 Å². The van der Waals surface area contributed by atoms with Crippen molar-refractivity contribution in [3.05, 3.63) is 36.5 Å². The van der Waals surface area contributed by atoms with Crippen LogP contribution in [-0.4, -0.2) is 23.7 Å². The molecule has 0 amide bonds. The molecule has 1 aliphatic carbocycles. The van der Waals surface area contributed by atoms with Crippen LogP contribution in [0.1, 0.15) is 19.8 Å². The molecule has 4 nitrogen and oxygen atoms in total. The van der Waals surface area contributed by atoms with E-state index in [1.807, 2.05) is 37.3 Å². The Morgan fingerprint density at radius 1 is 1.38 bits per heavy atom. The van der Waals surface area contributed by atoms with E-state index < -0.39 is 5.54 Å². The Kier molecular flexibility index (Phi) is 3.76. The van der Waals surface area contributed by atoms with E-state index >= 15 is 0 Å². The Morgan fingerprint density at radius 2 is 2.24 bits per heavy atom. The van der Waals surface area contributed by atoms with Crippen LogP contribution in [0.25, 0.3) is 10.9 Å². The Labute approximate surface area is 124 Å². The highest BCUT2D eigenvalue weighted by atomic mass is 16.5. The molecule has 1 heterocycles. The second kappa shape index (κ2) is 5.71. The molecule has 0 saturated heterocycles. The molecule has 1 aromatic carbocycles. The largest absolute Gasteiger partial charge is 0.490 e. The van der Waals surface area contributed by atoms with Gasteiger partial charge >= 0.3 is 0 Å². The molecule has 0 bridgehead atoms. The normalized spacial score (nSPS) is 17.1. The summed E-state index contributed by atoms with van der Waals surface area (Å²) in [5.41, 5.74) is 0.339. The monoisotopic (exact) mass is 281 g/mol. The Hall–Kier alpha value is -2.12. The number of ether oxygens (including phenoxy) is 1. The van der Waals surface area contributed by atoms with E-state index in [-0.39, 0.29) is 0 Å². The average Bonchev–Trinajstić information content (AvgIpc) is 3.37. The molecule has 21 heavy (non-hydrogen) atoms. The predicted octanol–water partition coefficient (Wildman–Crippen LogP) is 2.90. The molecular weight excluding hydrogens is 262 g/mol. The molecule has 1 unspecified atom stereocenters. The fraction of sp³-hybridized carbons (Fsp3) is 0.412. The molecule has 0 radical (unpaired) electrons. The van der Waals surface area contributed by atoms with Crippen LogP contribution in [0.15, 0.2) is 36.5 Å². The highest BCUT2D eigenvalue weighted by Crippen LogP contribution is 2.40. The van der Waals surface area contributed by atoms with Gasteiger partial charge in [-0.15, -0.1) is 0 Å². The van der Waals surface area contributed by atoms with Gasteiger partial charge in [-0.2, -0.15) is 5.26 Å². The fourth-order valence-corrected chi connectivity index (χ4v) is 2.76. The number of pyridine rings is 1. The summed E-state index contributed by atoms with van der Waals surface area (Å²) >= 11 is 0. The van der Waals surface area contributed by atoms with E-state index in [9.17, 15) is 5.26 Å². The summed E-state index contributed by atoms with van der Waals surface area (Å²) in [7, 11) is 0. The maximum Gasteiger partial charge on any atom is 0.143 e. The van der Waals surface area contributed by atoms with Gasteiger partial charge in [0.2, 0.25) is 0 Å². The fourth-order valence-electron chi connectivity index (χ4n) is 2.76. The number of nitrogens with one attached hydrogen (secondary N) is 1. The molecule has 1 atom stereocenters. The maximum atomic E-state index is 9.60. The first-order valence-electron chi connectivity index (χ1n) is 7.42. The van der Waals surface area contributed by atoms with E-state index in [1.165, 1.54) is 0 Å². The molecule has 1 aliphatic rings. The van der Waals surface area contributed by atoms with Gasteiger partial charge in [0.1, 0.15) is 17.9 Å². The molecule has 0 spiro atoms. The summed E-state index contributed by atoms with van der Waals surface area (Å²) in [5.74, 6) is 1.19. The van der Waals surface area contributed by atoms with Crippen LogP contribution < -0.4 is 10.1 Å². The van der Waals surface area contributed by atoms with Crippen molar-refractivity contribution in [2.45, 2.75) is 25.3 Å². The third kappa shape index (κ3) is 2.70. The Morgan fingerprint density at radius 3 is 2.95 bits per heavy atom. The van der Waals surface area contributed by atoms with Crippen LogP contribution in [0, 0.1) is 17.2 Å². The van der Waals surface area contributed by atoms with Crippen molar-refractivity contribution >= 4 is 10.9 Å². The summed E-state index contributed by atoms with van der Waals surface area (Å²) < 4.78 is 6.00. The third-order valence-electron chi connectivity index (χ3n) is 4.03. The molecule has 108 valence electrons. The zero-order valence-electron chi connectivity index (χ0n) is 12.2. The number of aromatic nitrogens is 1. The summed E-state index contributed by atoms with van der Waals surface area (Å²) in [6.07, 6.45) is 3.97. The first kappa shape index (κ1) is 13.8. The van der Waals surface area contributed by atoms with Crippen LogP contribution in [0.5, 0.6) is 5.75 Å². The van der Waals surface area contributed by atoms with Gasteiger partial charge in [-0.05, 0) is 49.6 Å². The first-order valence-corrected chi connectivity index (χ1v) is 7.42. The van der Waals surface area contributed by atoms with Crippen molar-refractivity contribution < 1.29 is 4.74 Å². The SMILES string of the molecule is CCNC(C#N)(COc1cccc2ncccc12)C1CC1. The first-order chi connectivity index (χ1) is 10.3. The van der Waals surface area contributed by atoms with Gasteiger partial charge in [0.15, 0.2) is 0 Å². The smallest absolute Gasteiger partial charge is 0.143 e. The predicted molar refractivity (Wildman–Crippen MR) is 82.0 cm³/mol. The highest BCUT2D eigenvalue weighted by molar-refractivity contribution is 5.84. The lowest BCUT2D eigenvalue weighted by Gasteiger charge is -2.27. The van der Waals surface area contributed by atoms with E-state index in [2.05, 4.69) is 16.4 Å². The molecule has 0 aliphatic heterocycles. The Balaban J connectivity index is 1.83. The number of hydrogen-bond acceptors (Lipinski definition) is 4. The molecule has 1 fully saturated rings. The van der Waals surface area contributed by atoms with Gasteiger partial charge in [-0.25, -0.2) is 0 Å². The summed E-state index contributed by atoms with van der Waals surface area (Å²) in [5, 5.41) is 13.9. The molecular formula is C17H19N3O.